The first-order valence-corrected chi connectivity index (χ1v) is 12.1. The molecule has 0 bridgehead atoms. The SMILES string of the molecule is Cn1c(=N)ccn([C@H]2C[C@@H](O)[C@@H](COP(=O)(O)OP(=O)(O)OP(=O)(O)O)O2)c1=O. The highest BCUT2D eigenvalue weighted by Gasteiger charge is 2.42. The third-order valence-corrected chi connectivity index (χ3v) is 7.40. The van der Waals surface area contributed by atoms with Crippen molar-refractivity contribution in [2.45, 2.75) is 24.9 Å². The first-order valence-electron chi connectivity index (χ1n) is 7.55. The maximum atomic E-state index is 12.1. The van der Waals surface area contributed by atoms with Gasteiger partial charge in [-0.15, -0.1) is 0 Å². The summed E-state index contributed by atoms with van der Waals surface area (Å²) >= 11 is 0. The maximum Gasteiger partial charge on any atom is 0.490 e. The van der Waals surface area contributed by atoms with E-state index >= 15 is 0 Å². The summed E-state index contributed by atoms with van der Waals surface area (Å²) in [6, 6.07) is 1.30. The van der Waals surface area contributed by atoms with Crippen molar-refractivity contribution in [1.29, 1.82) is 5.41 Å². The number of aromatic nitrogens is 2. The van der Waals surface area contributed by atoms with Crippen LogP contribution in [-0.4, -0.2) is 52.6 Å². The van der Waals surface area contributed by atoms with Gasteiger partial charge in [-0.05, 0) is 6.07 Å². The van der Waals surface area contributed by atoms with Gasteiger partial charge in [0.25, 0.3) is 0 Å². The second-order valence-corrected chi connectivity index (χ2v) is 10.2. The highest BCUT2D eigenvalue weighted by molar-refractivity contribution is 7.66. The van der Waals surface area contributed by atoms with Crippen LogP contribution in [0, 0.1) is 5.41 Å². The molecule has 0 amide bonds. The van der Waals surface area contributed by atoms with E-state index in [2.05, 4.69) is 13.1 Å². The third kappa shape index (κ3) is 6.76. The van der Waals surface area contributed by atoms with E-state index in [1.165, 1.54) is 19.3 Å². The Kier molecular flexibility index (Phi) is 7.23. The molecule has 2 heterocycles. The lowest BCUT2D eigenvalue weighted by atomic mass is 10.2. The van der Waals surface area contributed by atoms with E-state index in [-0.39, 0.29) is 11.9 Å². The molecule has 1 aliphatic rings. The average molecular weight is 481 g/mol. The lowest BCUT2D eigenvalue weighted by molar-refractivity contribution is -0.0453. The normalized spacial score (nSPS) is 26.8. The lowest BCUT2D eigenvalue weighted by Crippen LogP contribution is -2.38. The molecule has 1 fully saturated rings. The van der Waals surface area contributed by atoms with Crippen molar-refractivity contribution in [1.82, 2.24) is 9.13 Å². The van der Waals surface area contributed by atoms with E-state index in [1.54, 1.807) is 0 Å². The second-order valence-electron chi connectivity index (χ2n) is 5.77. The van der Waals surface area contributed by atoms with Gasteiger partial charge in [0.15, 0.2) is 0 Å². The van der Waals surface area contributed by atoms with Crippen LogP contribution in [0.5, 0.6) is 0 Å². The molecule has 16 nitrogen and oxygen atoms in total. The van der Waals surface area contributed by atoms with Crippen LogP contribution in [0.4, 0.5) is 0 Å². The molecule has 19 heteroatoms. The zero-order valence-electron chi connectivity index (χ0n) is 14.5. The number of nitrogens with one attached hydrogen (secondary N) is 1. The van der Waals surface area contributed by atoms with Crippen LogP contribution in [0.1, 0.15) is 12.6 Å². The third-order valence-electron chi connectivity index (χ3n) is 3.59. The Morgan fingerprint density at radius 2 is 1.83 bits per heavy atom. The molecule has 0 aromatic carbocycles. The molecular formula is C10H18N3O13P3. The minimum absolute atomic E-state index is 0.0750. The van der Waals surface area contributed by atoms with E-state index < -0.39 is 54.2 Å². The topological polar surface area (TPSA) is 240 Å². The summed E-state index contributed by atoms with van der Waals surface area (Å²) in [6.45, 7) is -0.848. The summed E-state index contributed by atoms with van der Waals surface area (Å²) in [5.74, 6) is 0. The summed E-state index contributed by atoms with van der Waals surface area (Å²) < 4.78 is 52.5. The minimum atomic E-state index is -5.66. The number of phosphoric ester groups is 1. The zero-order chi connectivity index (χ0) is 22.2. The predicted octanol–water partition coefficient (Wildman–Crippen LogP) is -1.34. The Bertz CT molecular complexity index is 1010. The highest BCUT2D eigenvalue weighted by Crippen LogP contribution is 2.66. The number of hydrogen-bond acceptors (Lipinski definition) is 10. The van der Waals surface area contributed by atoms with E-state index in [4.69, 9.17) is 24.8 Å². The summed E-state index contributed by atoms with van der Waals surface area (Å²) in [7, 11) is -15.2. The molecule has 0 spiro atoms. The quantitative estimate of drug-likeness (QED) is 0.236. The average Bonchev–Trinajstić information content (AvgIpc) is 2.88. The Labute approximate surface area is 161 Å². The summed E-state index contributed by atoms with van der Waals surface area (Å²) in [5, 5.41) is 17.5. The fourth-order valence-electron chi connectivity index (χ4n) is 2.33. The molecule has 166 valence electrons. The maximum absolute atomic E-state index is 12.1. The Morgan fingerprint density at radius 3 is 2.41 bits per heavy atom. The minimum Gasteiger partial charge on any atom is -0.390 e. The van der Waals surface area contributed by atoms with Crippen molar-refractivity contribution < 1.29 is 56.3 Å². The smallest absolute Gasteiger partial charge is 0.390 e. The van der Waals surface area contributed by atoms with Crippen molar-refractivity contribution >= 4 is 23.5 Å². The van der Waals surface area contributed by atoms with Gasteiger partial charge in [-0.2, -0.15) is 8.62 Å². The van der Waals surface area contributed by atoms with Gasteiger partial charge in [-0.1, -0.05) is 0 Å². The molecule has 2 rings (SSSR count). The number of phosphoric acid groups is 3. The number of aliphatic hydroxyl groups is 1. The zero-order valence-corrected chi connectivity index (χ0v) is 17.2. The first-order chi connectivity index (χ1) is 13.1. The van der Waals surface area contributed by atoms with Crippen LogP contribution in [0.2, 0.25) is 0 Å². The number of rotatable bonds is 8. The Hall–Kier alpha value is -0.990. The van der Waals surface area contributed by atoms with Gasteiger partial charge < -0.3 is 29.4 Å². The van der Waals surface area contributed by atoms with Crippen molar-refractivity contribution in [3.63, 3.8) is 0 Å². The fraction of sp³-hybridized carbons (Fsp3) is 0.600. The standard InChI is InChI=1S/C10H18N3O13P3/c1-12-8(11)2-3-13(10(12)15)9-4-6(14)7(24-9)5-23-28(19,20)26-29(21,22)25-27(16,17)18/h2-3,6-7,9,11,14H,4-5H2,1H3,(H,19,20)(H,21,22)(H2,16,17,18)/t6-,7-,9-/m1/s1. The van der Waals surface area contributed by atoms with Crippen LogP contribution in [-0.2, 0) is 38.6 Å². The van der Waals surface area contributed by atoms with Crippen molar-refractivity contribution in [3.8, 4) is 0 Å². The molecule has 1 saturated heterocycles. The van der Waals surface area contributed by atoms with Crippen LogP contribution < -0.4 is 11.2 Å². The van der Waals surface area contributed by atoms with E-state index in [9.17, 15) is 28.5 Å². The van der Waals surface area contributed by atoms with Crippen molar-refractivity contribution in [2.24, 2.45) is 7.05 Å². The van der Waals surface area contributed by atoms with Gasteiger partial charge in [0, 0.05) is 19.7 Å². The molecule has 0 aliphatic carbocycles. The monoisotopic (exact) mass is 481 g/mol. The van der Waals surface area contributed by atoms with Crippen LogP contribution in [0.15, 0.2) is 17.1 Å². The molecule has 29 heavy (non-hydrogen) atoms. The van der Waals surface area contributed by atoms with E-state index in [1.807, 2.05) is 0 Å². The van der Waals surface area contributed by atoms with Gasteiger partial charge >= 0.3 is 29.2 Å². The van der Waals surface area contributed by atoms with Gasteiger partial charge in [0.05, 0.1) is 12.7 Å². The number of aliphatic hydroxyl groups excluding tert-OH is 1. The van der Waals surface area contributed by atoms with Crippen molar-refractivity contribution in [2.75, 3.05) is 6.61 Å². The predicted molar refractivity (Wildman–Crippen MR) is 89.9 cm³/mol. The highest BCUT2D eigenvalue weighted by atomic mass is 31.3. The summed E-state index contributed by atoms with van der Waals surface area (Å²) in [4.78, 5) is 47.5. The molecular weight excluding hydrogens is 463 g/mol. The van der Waals surface area contributed by atoms with Gasteiger partial charge in [-0.3, -0.25) is 19.1 Å². The van der Waals surface area contributed by atoms with Gasteiger partial charge in [0.1, 0.15) is 17.8 Å². The lowest BCUT2D eigenvalue weighted by Gasteiger charge is -2.19. The first kappa shape index (κ1) is 24.3. The summed E-state index contributed by atoms with van der Waals surface area (Å²) in [6.07, 6.45) is -2.41. The second kappa shape index (κ2) is 8.63. The molecule has 1 aromatic rings. The largest absolute Gasteiger partial charge is 0.490 e. The van der Waals surface area contributed by atoms with Gasteiger partial charge in [0.2, 0.25) is 0 Å². The molecule has 5 atom stereocenters. The van der Waals surface area contributed by atoms with Crippen LogP contribution >= 0.6 is 23.5 Å². The summed E-state index contributed by atoms with van der Waals surface area (Å²) in [5.41, 5.74) is -0.697. The molecule has 1 aliphatic heterocycles. The Morgan fingerprint density at radius 1 is 1.21 bits per heavy atom. The van der Waals surface area contributed by atoms with Crippen molar-refractivity contribution in [3.05, 3.63) is 28.2 Å². The fourth-order valence-corrected chi connectivity index (χ4v) is 5.36. The van der Waals surface area contributed by atoms with E-state index in [0.717, 1.165) is 9.13 Å². The molecule has 2 unspecified atom stereocenters. The molecule has 6 N–H and O–H groups in total. The molecule has 0 saturated carbocycles. The van der Waals surface area contributed by atoms with Gasteiger partial charge in [-0.25, -0.2) is 18.5 Å². The number of nitrogens with zero attached hydrogens (tertiary/aromatic N) is 2. The number of hydrogen-bond donors (Lipinski definition) is 6. The van der Waals surface area contributed by atoms with Crippen LogP contribution in [0.3, 0.4) is 0 Å². The number of ether oxygens (including phenoxy) is 1. The molecule has 1 aromatic heterocycles. The Balaban J connectivity index is 2.03. The van der Waals surface area contributed by atoms with Crippen LogP contribution in [0.25, 0.3) is 0 Å². The van der Waals surface area contributed by atoms with E-state index in [0.29, 0.717) is 0 Å². The molecule has 0 radical (unpaired) electrons.